The highest BCUT2D eigenvalue weighted by Crippen LogP contribution is 2.41. The lowest BCUT2D eigenvalue weighted by atomic mass is 9.97. The van der Waals surface area contributed by atoms with Gasteiger partial charge in [-0.25, -0.2) is 0 Å². The van der Waals surface area contributed by atoms with E-state index in [2.05, 4.69) is 16.4 Å². The largest absolute Gasteiger partial charge is 0.497 e. The van der Waals surface area contributed by atoms with Gasteiger partial charge in [0.15, 0.2) is 0 Å². The summed E-state index contributed by atoms with van der Waals surface area (Å²) in [5.41, 5.74) is 4.42. The summed E-state index contributed by atoms with van der Waals surface area (Å²) in [6.07, 6.45) is 2.17. The van der Waals surface area contributed by atoms with Gasteiger partial charge < -0.3 is 19.9 Å². The van der Waals surface area contributed by atoms with Crippen LogP contribution in [0.4, 0.5) is 5.69 Å². The van der Waals surface area contributed by atoms with Crippen molar-refractivity contribution in [2.45, 2.75) is 12.5 Å². The number of benzene rings is 3. The number of hydrogen-bond donors (Lipinski definition) is 2. The second kappa shape index (κ2) is 8.23. The van der Waals surface area contributed by atoms with Crippen molar-refractivity contribution in [3.05, 3.63) is 95.7 Å². The van der Waals surface area contributed by atoms with E-state index in [0.717, 1.165) is 27.8 Å². The minimum Gasteiger partial charge on any atom is -0.497 e. The zero-order valence-corrected chi connectivity index (χ0v) is 17.7. The first kappa shape index (κ1) is 19.9. The number of nitrogens with zero attached hydrogens (tertiary/aromatic N) is 1. The molecule has 0 bridgehead atoms. The van der Waals surface area contributed by atoms with Gasteiger partial charge in [0.05, 0.1) is 13.2 Å². The summed E-state index contributed by atoms with van der Waals surface area (Å²) in [6.45, 7) is 0.319. The summed E-state index contributed by atoms with van der Waals surface area (Å²) in [5, 5.41) is 3.97. The smallest absolute Gasteiger partial charge is 0.255 e. The van der Waals surface area contributed by atoms with Crippen molar-refractivity contribution in [3.63, 3.8) is 0 Å². The number of carbonyl (C=O) groups is 2. The molecule has 0 spiro atoms. The molecule has 5 rings (SSSR count). The summed E-state index contributed by atoms with van der Waals surface area (Å²) in [5.74, 6) is 0.537. The topological polar surface area (TPSA) is 74.4 Å². The van der Waals surface area contributed by atoms with E-state index in [-0.39, 0.29) is 24.3 Å². The van der Waals surface area contributed by atoms with Crippen molar-refractivity contribution in [2.24, 2.45) is 0 Å². The maximum absolute atomic E-state index is 13.2. The number of para-hydroxylation sites is 1. The third kappa shape index (κ3) is 3.50. The molecule has 1 aliphatic heterocycles. The van der Waals surface area contributed by atoms with Gasteiger partial charge in [-0.05, 0) is 42.0 Å². The number of rotatable bonds is 6. The fraction of sp³-hybridized carbons (Fsp3) is 0.154. The fourth-order valence-corrected chi connectivity index (χ4v) is 4.38. The van der Waals surface area contributed by atoms with E-state index in [1.807, 2.05) is 48.7 Å². The van der Waals surface area contributed by atoms with Gasteiger partial charge >= 0.3 is 0 Å². The van der Waals surface area contributed by atoms with Crippen molar-refractivity contribution in [1.29, 1.82) is 0 Å². The number of fused-ring (bicyclic) bond motifs is 2. The quantitative estimate of drug-likeness (QED) is 0.468. The zero-order chi connectivity index (χ0) is 22.1. The van der Waals surface area contributed by atoms with Gasteiger partial charge in [0.2, 0.25) is 5.91 Å². The van der Waals surface area contributed by atoms with Crippen LogP contribution in [0.25, 0.3) is 10.9 Å². The molecule has 1 atom stereocenters. The standard InChI is InChI=1S/C26H23N3O3/c1-32-18-12-10-17(11-13-18)28-24(30)14-15-29-25(20-7-2-3-8-21(20)26(29)31)22-16-27-23-9-5-4-6-19(22)23/h2-13,16,25,27H,14-15H2,1H3,(H,28,30)/t25-/m1/s1. The average molecular weight is 425 g/mol. The Morgan fingerprint density at radius 3 is 2.56 bits per heavy atom. The molecule has 1 aromatic heterocycles. The monoisotopic (exact) mass is 425 g/mol. The van der Waals surface area contributed by atoms with Gasteiger partial charge in [-0.2, -0.15) is 0 Å². The Kier molecular flexibility index (Phi) is 5.11. The number of hydrogen-bond acceptors (Lipinski definition) is 3. The molecule has 6 nitrogen and oxygen atoms in total. The third-order valence-electron chi connectivity index (χ3n) is 5.93. The Bertz CT molecular complexity index is 1290. The minimum atomic E-state index is -0.233. The highest BCUT2D eigenvalue weighted by atomic mass is 16.5. The van der Waals surface area contributed by atoms with Gasteiger partial charge in [-0.1, -0.05) is 36.4 Å². The number of ether oxygens (including phenoxy) is 1. The number of aromatic nitrogens is 1. The number of methoxy groups -OCH3 is 1. The van der Waals surface area contributed by atoms with Crippen molar-refractivity contribution in [3.8, 4) is 5.75 Å². The molecule has 0 fully saturated rings. The number of amides is 2. The molecule has 4 aromatic rings. The summed E-state index contributed by atoms with van der Waals surface area (Å²) < 4.78 is 5.15. The zero-order valence-electron chi connectivity index (χ0n) is 17.7. The minimum absolute atomic E-state index is 0.0480. The highest BCUT2D eigenvalue weighted by Gasteiger charge is 2.38. The van der Waals surface area contributed by atoms with E-state index in [4.69, 9.17) is 4.74 Å². The molecule has 2 heterocycles. The van der Waals surface area contributed by atoms with Gasteiger partial charge in [-0.3, -0.25) is 9.59 Å². The lowest BCUT2D eigenvalue weighted by molar-refractivity contribution is -0.116. The van der Waals surface area contributed by atoms with Crippen molar-refractivity contribution in [1.82, 2.24) is 9.88 Å². The van der Waals surface area contributed by atoms with Crippen LogP contribution in [0, 0.1) is 0 Å². The molecule has 0 radical (unpaired) electrons. The number of anilines is 1. The molecule has 3 aromatic carbocycles. The molecule has 1 aliphatic rings. The Hall–Kier alpha value is -4.06. The van der Waals surface area contributed by atoms with E-state index < -0.39 is 0 Å². The Balaban J connectivity index is 1.39. The molecular weight excluding hydrogens is 402 g/mol. The van der Waals surface area contributed by atoms with Crippen LogP contribution in [-0.4, -0.2) is 35.4 Å². The van der Waals surface area contributed by atoms with E-state index in [1.54, 1.807) is 36.3 Å². The van der Waals surface area contributed by atoms with Crippen LogP contribution >= 0.6 is 0 Å². The lowest BCUT2D eigenvalue weighted by Crippen LogP contribution is -2.32. The van der Waals surface area contributed by atoms with E-state index in [1.165, 1.54) is 0 Å². The summed E-state index contributed by atoms with van der Waals surface area (Å²) in [6, 6.07) is 22.7. The van der Waals surface area contributed by atoms with E-state index in [9.17, 15) is 9.59 Å². The molecule has 32 heavy (non-hydrogen) atoms. The first-order valence-electron chi connectivity index (χ1n) is 10.6. The Labute approximate surface area is 185 Å². The summed E-state index contributed by atoms with van der Waals surface area (Å²) in [7, 11) is 1.60. The molecule has 0 aliphatic carbocycles. The fourth-order valence-electron chi connectivity index (χ4n) is 4.38. The Morgan fingerprint density at radius 1 is 1.00 bits per heavy atom. The predicted octanol–water partition coefficient (Wildman–Crippen LogP) is 4.75. The predicted molar refractivity (Wildman–Crippen MR) is 124 cm³/mol. The number of nitrogens with one attached hydrogen (secondary N) is 2. The number of H-pyrrole nitrogens is 1. The van der Waals surface area contributed by atoms with E-state index >= 15 is 0 Å². The van der Waals surface area contributed by atoms with Crippen LogP contribution in [-0.2, 0) is 4.79 Å². The van der Waals surface area contributed by atoms with Gasteiger partial charge in [0, 0.05) is 46.9 Å². The van der Waals surface area contributed by atoms with Crippen molar-refractivity contribution >= 4 is 28.4 Å². The SMILES string of the molecule is COc1ccc(NC(=O)CCN2C(=O)c3ccccc3[C@@H]2c2c[nH]c3ccccc23)cc1. The molecule has 0 saturated heterocycles. The molecule has 6 heteroatoms. The first-order chi connectivity index (χ1) is 15.7. The molecule has 0 saturated carbocycles. The van der Waals surface area contributed by atoms with Crippen LogP contribution in [0.2, 0.25) is 0 Å². The maximum atomic E-state index is 13.2. The Morgan fingerprint density at radius 2 is 1.75 bits per heavy atom. The second-order valence-electron chi connectivity index (χ2n) is 7.80. The van der Waals surface area contributed by atoms with Crippen LogP contribution < -0.4 is 10.1 Å². The first-order valence-corrected chi connectivity index (χ1v) is 10.6. The van der Waals surface area contributed by atoms with Gasteiger partial charge in [0.1, 0.15) is 5.75 Å². The van der Waals surface area contributed by atoms with Crippen LogP contribution in [0.1, 0.15) is 33.9 Å². The lowest BCUT2D eigenvalue weighted by Gasteiger charge is -2.25. The second-order valence-corrected chi connectivity index (χ2v) is 7.80. The van der Waals surface area contributed by atoms with Gasteiger partial charge in [0.25, 0.3) is 5.91 Å². The average Bonchev–Trinajstić information content (AvgIpc) is 3.37. The van der Waals surface area contributed by atoms with Crippen LogP contribution in [0.5, 0.6) is 5.75 Å². The third-order valence-corrected chi connectivity index (χ3v) is 5.93. The maximum Gasteiger partial charge on any atom is 0.255 e. The van der Waals surface area contributed by atoms with E-state index in [0.29, 0.717) is 17.8 Å². The molecule has 2 N–H and O–H groups in total. The normalized spacial score (nSPS) is 15.1. The summed E-state index contributed by atoms with van der Waals surface area (Å²) in [4.78, 5) is 31.0. The van der Waals surface area contributed by atoms with Crippen LogP contribution in [0.15, 0.2) is 79.0 Å². The van der Waals surface area contributed by atoms with Gasteiger partial charge in [-0.15, -0.1) is 0 Å². The molecular formula is C26H23N3O3. The van der Waals surface area contributed by atoms with Crippen LogP contribution in [0.3, 0.4) is 0 Å². The highest BCUT2D eigenvalue weighted by molar-refractivity contribution is 6.01. The number of carbonyl (C=O) groups excluding carboxylic acids is 2. The van der Waals surface area contributed by atoms with Crippen molar-refractivity contribution in [2.75, 3.05) is 19.0 Å². The van der Waals surface area contributed by atoms with Crippen molar-refractivity contribution < 1.29 is 14.3 Å². The molecule has 2 amide bonds. The summed E-state index contributed by atoms with van der Waals surface area (Å²) >= 11 is 0. The number of aromatic amines is 1. The molecule has 0 unspecified atom stereocenters. The molecule has 160 valence electrons.